The second-order valence-electron chi connectivity index (χ2n) is 3.86. The number of halogens is 1. The molecule has 0 atom stereocenters. The highest BCUT2D eigenvalue weighted by atomic mass is 35.5. The van der Waals surface area contributed by atoms with E-state index in [1.165, 1.54) is 0 Å². The average Bonchev–Trinajstić information content (AvgIpc) is 2.45. The Morgan fingerprint density at radius 1 is 1.26 bits per heavy atom. The van der Waals surface area contributed by atoms with Crippen LogP contribution in [0.4, 0.5) is 5.82 Å². The smallest absolute Gasteiger partial charge is 0.171 e. The first-order chi connectivity index (χ1) is 9.31. The third-order valence-electron chi connectivity index (χ3n) is 2.53. The van der Waals surface area contributed by atoms with Crippen LogP contribution in [-0.4, -0.2) is 21.5 Å². The van der Waals surface area contributed by atoms with Gasteiger partial charge >= 0.3 is 0 Å². The molecular formula is C13H12ClN5. The molecule has 0 spiro atoms. The van der Waals surface area contributed by atoms with Crippen LogP contribution in [0.1, 0.15) is 12.0 Å². The Balaban J connectivity index is 2.22. The fourth-order valence-corrected chi connectivity index (χ4v) is 1.91. The van der Waals surface area contributed by atoms with Gasteiger partial charge in [0.05, 0.1) is 12.5 Å². The summed E-state index contributed by atoms with van der Waals surface area (Å²) in [6, 6.07) is 5.96. The molecule has 0 fully saturated rings. The second-order valence-corrected chi connectivity index (χ2v) is 4.22. The second kappa shape index (κ2) is 6.66. The van der Waals surface area contributed by atoms with E-state index in [2.05, 4.69) is 21.0 Å². The number of nitrogens with zero attached hydrogens (tertiary/aromatic N) is 5. The Kier molecular flexibility index (Phi) is 4.65. The van der Waals surface area contributed by atoms with Gasteiger partial charge in [-0.3, -0.25) is 4.98 Å². The molecule has 2 aromatic heterocycles. The third-order valence-corrected chi connectivity index (χ3v) is 2.79. The fourth-order valence-electron chi connectivity index (χ4n) is 1.68. The van der Waals surface area contributed by atoms with Crippen LogP contribution in [0.15, 0.2) is 36.9 Å². The summed E-state index contributed by atoms with van der Waals surface area (Å²) in [7, 11) is 0. The zero-order chi connectivity index (χ0) is 13.5. The molecule has 0 aliphatic rings. The van der Waals surface area contributed by atoms with E-state index in [1.54, 1.807) is 24.8 Å². The van der Waals surface area contributed by atoms with Gasteiger partial charge in [-0.1, -0.05) is 17.7 Å². The molecule has 0 aliphatic carbocycles. The lowest BCUT2D eigenvalue weighted by Gasteiger charge is -2.22. The standard InChI is InChI=1S/C13H12ClN5/c14-12-13(18-7-6-17-12)19(8-2-4-15)10-11-3-1-5-16-9-11/h1,3,5-7,9H,2,8,10H2. The molecular weight excluding hydrogens is 262 g/mol. The normalized spacial score (nSPS) is 9.89. The van der Waals surface area contributed by atoms with E-state index in [4.69, 9.17) is 16.9 Å². The van der Waals surface area contributed by atoms with Crippen molar-refractivity contribution in [1.29, 1.82) is 5.26 Å². The number of aromatic nitrogens is 3. The quantitative estimate of drug-likeness (QED) is 0.837. The van der Waals surface area contributed by atoms with Gasteiger partial charge in [-0.2, -0.15) is 5.26 Å². The molecule has 0 bridgehead atoms. The fraction of sp³-hybridized carbons (Fsp3) is 0.231. The maximum atomic E-state index is 8.74. The molecule has 5 nitrogen and oxygen atoms in total. The van der Waals surface area contributed by atoms with Crippen LogP contribution in [0.5, 0.6) is 0 Å². The van der Waals surface area contributed by atoms with E-state index in [-0.39, 0.29) is 0 Å². The van der Waals surface area contributed by atoms with Gasteiger partial charge in [0.25, 0.3) is 0 Å². The molecule has 0 aromatic carbocycles. The molecule has 0 saturated carbocycles. The lowest BCUT2D eigenvalue weighted by Crippen LogP contribution is -2.25. The van der Waals surface area contributed by atoms with Gasteiger partial charge in [0.1, 0.15) is 0 Å². The van der Waals surface area contributed by atoms with E-state index in [9.17, 15) is 0 Å². The van der Waals surface area contributed by atoms with Gasteiger partial charge in [-0.15, -0.1) is 0 Å². The summed E-state index contributed by atoms with van der Waals surface area (Å²) in [5, 5.41) is 9.08. The van der Waals surface area contributed by atoms with Crippen LogP contribution >= 0.6 is 11.6 Å². The highest BCUT2D eigenvalue weighted by Gasteiger charge is 2.13. The summed E-state index contributed by atoms with van der Waals surface area (Å²) in [5.74, 6) is 0.586. The maximum Gasteiger partial charge on any atom is 0.171 e. The molecule has 0 unspecified atom stereocenters. The van der Waals surface area contributed by atoms with E-state index >= 15 is 0 Å². The van der Waals surface area contributed by atoms with Gasteiger partial charge in [0, 0.05) is 37.9 Å². The Hall–Kier alpha value is -2.19. The van der Waals surface area contributed by atoms with Crippen LogP contribution < -0.4 is 4.90 Å². The maximum absolute atomic E-state index is 8.74. The van der Waals surface area contributed by atoms with Gasteiger partial charge in [-0.25, -0.2) is 9.97 Å². The summed E-state index contributed by atoms with van der Waals surface area (Å²) >= 11 is 6.05. The van der Waals surface area contributed by atoms with Crippen molar-refractivity contribution < 1.29 is 0 Å². The van der Waals surface area contributed by atoms with Crippen molar-refractivity contribution in [2.45, 2.75) is 13.0 Å². The predicted octanol–water partition coefficient (Wildman–Crippen LogP) is 2.45. The summed E-state index contributed by atoms with van der Waals surface area (Å²) in [5.41, 5.74) is 1.03. The minimum absolute atomic E-state index is 0.337. The predicted molar refractivity (Wildman–Crippen MR) is 72.6 cm³/mol. The molecule has 2 aromatic rings. The van der Waals surface area contributed by atoms with E-state index < -0.39 is 0 Å². The number of hydrogen-bond acceptors (Lipinski definition) is 5. The summed E-state index contributed by atoms with van der Waals surface area (Å²) in [4.78, 5) is 14.2. The largest absolute Gasteiger partial charge is 0.349 e. The average molecular weight is 274 g/mol. The first-order valence-corrected chi connectivity index (χ1v) is 6.16. The zero-order valence-electron chi connectivity index (χ0n) is 10.2. The van der Waals surface area contributed by atoms with Gasteiger partial charge in [0.15, 0.2) is 11.0 Å². The molecule has 19 heavy (non-hydrogen) atoms. The van der Waals surface area contributed by atoms with Crippen LogP contribution in [0.25, 0.3) is 0 Å². The van der Waals surface area contributed by atoms with E-state index in [1.807, 2.05) is 17.0 Å². The number of rotatable bonds is 5. The number of anilines is 1. The van der Waals surface area contributed by atoms with Crippen molar-refractivity contribution in [2.24, 2.45) is 0 Å². The summed E-state index contributed by atoms with van der Waals surface area (Å²) in [6.45, 7) is 1.14. The van der Waals surface area contributed by atoms with E-state index in [0.29, 0.717) is 30.5 Å². The monoisotopic (exact) mass is 273 g/mol. The van der Waals surface area contributed by atoms with Gasteiger partial charge in [0.2, 0.25) is 0 Å². The minimum atomic E-state index is 0.337. The molecule has 0 aliphatic heterocycles. The number of hydrogen-bond donors (Lipinski definition) is 0. The lowest BCUT2D eigenvalue weighted by molar-refractivity contribution is 0.777. The SMILES string of the molecule is N#CCCN(Cc1cccnc1)c1nccnc1Cl. The highest BCUT2D eigenvalue weighted by molar-refractivity contribution is 6.31. The molecule has 2 heterocycles. The van der Waals surface area contributed by atoms with Crippen molar-refractivity contribution in [3.63, 3.8) is 0 Å². The lowest BCUT2D eigenvalue weighted by atomic mass is 10.2. The first-order valence-electron chi connectivity index (χ1n) is 5.78. The first kappa shape index (κ1) is 13.2. The van der Waals surface area contributed by atoms with Crippen molar-refractivity contribution in [3.05, 3.63) is 47.6 Å². The molecule has 0 N–H and O–H groups in total. The number of nitriles is 1. The molecule has 0 radical (unpaired) electrons. The summed E-state index contributed by atoms with van der Waals surface area (Å²) in [6.07, 6.45) is 7.03. The van der Waals surface area contributed by atoms with E-state index in [0.717, 1.165) is 5.56 Å². The van der Waals surface area contributed by atoms with Crippen molar-refractivity contribution >= 4 is 17.4 Å². The molecule has 6 heteroatoms. The summed E-state index contributed by atoms with van der Waals surface area (Å²) < 4.78 is 0. The Bertz CT molecular complexity index is 567. The van der Waals surface area contributed by atoms with Crippen molar-refractivity contribution in [3.8, 4) is 6.07 Å². The Morgan fingerprint density at radius 2 is 2.11 bits per heavy atom. The molecule has 2 rings (SSSR count). The zero-order valence-corrected chi connectivity index (χ0v) is 11.0. The molecule has 96 valence electrons. The Morgan fingerprint density at radius 3 is 2.79 bits per heavy atom. The van der Waals surface area contributed by atoms with Crippen LogP contribution in [0.2, 0.25) is 5.15 Å². The molecule has 0 amide bonds. The van der Waals surface area contributed by atoms with Crippen molar-refractivity contribution in [1.82, 2.24) is 15.0 Å². The highest BCUT2D eigenvalue weighted by Crippen LogP contribution is 2.21. The number of pyridine rings is 1. The molecule has 0 saturated heterocycles. The third kappa shape index (κ3) is 3.63. The van der Waals surface area contributed by atoms with Crippen molar-refractivity contribution in [2.75, 3.05) is 11.4 Å². The topological polar surface area (TPSA) is 65.7 Å². The van der Waals surface area contributed by atoms with Gasteiger partial charge in [-0.05, 0) is 11.6 Å². The van der Waals surface area contributed by atoms with Gasteiger partial charge < -0.3 is 4.90 Å². The minimum Gasteiger partial charge on any atom is -0.349 e. The van der Waals surface area contributed by atoms with Crippen LogP contribution in [0.3, 0.4) is 0 Å². The Labute approximate surface area is 116 Å². The van der Waals surface area contributed by atoms with Crippen LogP contribution in [0, 0.1) is 11.3 Å². The van der Waals surface area contributed by atoms with Crippen LogP contribution in [-0.2, 0) is 6.54 Å².